The molecule has 1 aromatic carbocycles. The molecule has 0 unspecified atom stereocenters. The second-order valence-electron chi connectivity index (χ2n) is 4.44. The molecule has 7 heteroatoms. The Morgan fingerprint density at radius 2 is 2.15 bits per heavy atom. The van der Waals surface area contributed by atoms with E-state index in [0.717, 1.165) is 21.2 Å². The van der Waals surface area contributed by atoms with E-state index < -0.39 is 0 Å². The van der Waals surface area contributed by atoms with Gasteiger partial charge in [0, 0.05) is 23.8 Å². The monoisotopic (exact) mass is 333 g/mol. The highest BCUT2D eigenvalue weighted by molar-refractivity contribution is 9.10. The van der Waals surface area contributed by atoms with E-state index in [0.29, 0.717) is 18.3 Å². The van der Waals surface area contributed by atoms with E-state index in [-0.39, 0.29) is 0 Å². The molecule has 0 aliphatic rings. The Labute approximate surface area is 124 Å². The van der Waals surface area contributed by atoms with Crippen LogP contribution >= 0.6 is 15.9 Å². The largest absolute Gasteiger partial charge is 0.351 e. The van der Waals surface area contributed by atoms with Gasteiger partial charge in [-0.1, -0.05) is 21.1 Å². The summed E-state index contributed by atoms with van der Waals surface area (Å²) in [4.78, 5) is 14.8. The predicted molar refractivity (Wildman–Crippen MR) is 78.4 cm³/mol. The van der Waals surface area contributed by atoms with E-state index in [9.17, 15) is 0 Å². The fraction of sp³-hybridized carbons (Fsp3) is 0.231. The van der Waals surface area contributed by atoms with Crippen molar-refractivity contribution in [3.63, 3.8) is 0 Å². The van der Waals surface area contributed by atoms with E-state index in [1.165, 1.54) is 0 Å². The maximum absolute atomic E-state index is 4.98. The van der Waals surface area contributed by atoms with Gasteiger partial charge in [0.1, 0.15) is 12.1 Å². The topological polar surface area (TPSA) is 67.9 Å². The number of hydrogen-bond acceptors (Lipinski definition) is 6. The van der Waals surface area contributed by atoms with Gasteiger partial charge in [-0.25, -0.2) is 9.97 Å². The molecular formula is C13H12BrN5O. The predicted octanol–water partition coefficient (Wildman–Crippen LogP) is 2.72. The zero-order chi connectivity index (χ0) is 14.1. The quantitative estimate of drug-likeness (QED) is 0.734. The number of fused-ring (bicyclic) bond motifs is 1. The molecule has 0 fully saturated rings. The van der Waals surface area contributed by atoms with E-state index in [2.05, 4.69) is 36.0 Å². The lowest BCUT2D eigenvalue weighted by molar-refractivity contribution is 0.387. The van der Waals surface area contributed by atoms with Crippen LogP contribution in [0.1, 0.15) is 11.7 Å². The average molecular weight is 334 g/mol. The highest BCUT2D eigenvalue weighted by Gasteiger charge is 2.12. The Morgan fingerprint density at radius 3 is 2.90 bits per heavy atom. The Balaban J connectivity index is 1.98. The molecular weight excluding hydrogens is 322 g/mol. The third-order valence-corrected chi connectivity index (χ3v) is 3.38. The summed E-state index contributed by atoms with van der Waals surface area (Å²) < 4.78 is 5.97. The van der Waals surface area contributed by atoms with Crippen LogP contribution in [0.5, 0.6) is 0 Å². The number of hydrogen-bond donors (Lipinski definition) is 0. The van der Waals surface area contributed by atoms with Gasteiger partial charge in [-0.3, -0.25) is 0 Å². The summed E-state index contributed by atoms with van der Waals surface area (Å²) in [6.45, 7) is 2.30. The summed E-state index contributed by atoms with van der Waals surface area (Å²) in [5.74, 6) is 2.02. The second kappa shape index (κ2) is 5.16. The first-order valence-corrected chi connectivity index (χ1v) is 6.83. The van der Waals surface area contributed by atoms with Gasteiger partial charge in [0.25, 0.3) is 0 Å². The number of anilines is 1. The Morgan fingerprint density at radius 1 is 1.30 bits per heavy atom. The maximum Gasteiger partial charge on any atom is 0.223 e. The first-order valence-electron chi connectivity index (χ1n) is 6.04. The smallest absolute Gasteiger partial charge is 0.223 e. The molecule has 6 nitrogen and oxygen atoms in total. The van der Waals surface area contributed by atoms with Crippen LogP contribution in [-0.2, 0) is 6.54 Å². The molecule has 0 amide bonds. The molecule has 2 heterocycles. The van der Waals surface area contributed by atoms with Crippen LogP contribution in [0.3, 0.4) is 0 Å². The molecule has 0 aliphatic carbocycles. The summed E-state index contributed by atoms with van der Waals surface area (Å²) in [7, 11) is 1.94. The first-order chi connectivity index (χ1) is 9.63. The Hall–Kier alpha value is -2.02. The number of aryl methyl sites for hydroxylation is 1. The molecule has 20 heavy (non-hydrogen) atoms. The summed E-state index contributed by atoms with van der Waals surface area (Å²) in [5.41, 5.74) is 0.898. The molecule has 0 saturated heterocycles. The Bertz CT molecular complexity index is 757. The van der Waals surface area contributed by atoms with Gasteiger partial charge < -0.3 is 9.42 Å². The van der Waals surface area contributed by atoms with Crippen LogP contribution in [-0.4, -0.2) is 27.2 Å². The highest BCUT2D eigenvalue weighted by atomic mass is 79.9. The molecule has 0 spiro atoms. The van der Waals surface area contributed by atoms with Crippen LogP contribution in [0.25, 0.3) is 10.9 Å². The van der Waals surface area contributed by atoms with Crippen LogP contribution < -0.4 is 4.90 Å². The molecule has 0 bridgehead atoms. The normalized spacial score (nSPS) is 10.9. The van der Waals surface area contributed by atoms with Gasteiger partial charge in [-0.15, -0.1) is 0 Å². The molecule has 2 aromatic heterocycles. The third-order valence-electron chi connectivity index (χ3n) is 2.89. The number of benzene rings is 1. The fourth-order valence-electron chi connectivity index (χ4n) is 2.01. The van der Waals surface area contributed by atoms with Crippen molar-refractivity contribution < 1.29 is 4.52 Å². The Kier molecular flexibility index (Phi) is 3.35. The SMILES string of the molecule is Cc1nc(CN(C)c2ncnc3ccc(Br)cc23)no1. The van der Waals surface area contributed by atoms with E-state index in [4.69, 9.17) is 4.52 Å². The van der Waals surface area contributed by atoms with Gasteiger partial charge >= 0.3 is 0 Å². The molecule has 0 aliphatic heterocycles. The van der Waals surface area contributed by atoms with Crippen LogP contribution in [0.4, 0.5) is 5.82 Å². The lowest BCUT2D eigenvalue weighted by Crippen LogP contribution is -2.19. The van der Waals surface area contributed by atoms with E-state index >= 15 is 0 Å². The van der Waals surface area contributed by atoms with Gasteiger partial charge in [0.05, 0.1) is 12.1 Å². The molecule has 0 saturated carbocycles. The van der Waals surface area contributed by atoms with Gasteiger partial charge in [0.2, 0.25) is 5.89 Å². The van der Waals surface area contributed by atoms with Gasteiger partial charge in [-0.05, 0) is 18.2 Å². The van der Waals surface area contributed by atoms with Gasteiger partial charge in [-0.2, -0.15) is 4.98 Å². The summed E-state index contributed by atoms with van der Waals surface area (Å²) in [6, 6.07) is 5.92. The van der Waals surface area contributed by atoms with E-state index in [1.807, 2.05) is 30.1 Å². The number of aromatic nitrogens is 4. The second-order valence-corrected chi connectivity index (χ2v) is 5.36. The molecule has 0 radical (unpaired) electrons. The van der Waals surface area contributed by atoms with E-state index in [1.54, 1.807) is 13.3 Å². The molecule has 3 aromatic rings. The molecule has 0 atom stereocenters. The minimum Gasteiger partial charge on any atom is -0.351 e. The molecule has 0 N–H and O–H groups in total. The maximum atomic E-state index is 4.98. The van der Waals surface area contributed by atoms with Crippen molar-refractivity contribution in [2.45, 2.75) is 13.5 Å². The van der Waals surface area contributed by atoms with Crippen LogP contribution in [0.15, 0.2) is 33.5 Å². The van der Waals surface area contributed by atoms with Crippen molar-refractivity contribution in [1.82, 2.24) is 20.1 Å². The van der Waals surface area contributed by atoms with Gasteiger partial charge in [0.15, 0.2) is 5.82 Å². The highest BCUT2D eigenvalue weighted by Crippen LogP contribution is 2.25. The summed E-state index contributed by atoms with van der Waals surface area (Å²) >= 11 is 3.47. The summed E-state index contributed by atoms with van der Waals surface area (Å²) in [5, 5.41) is 4.87. The molecule has 3 rings (SSSR count). The van der Waals surface area contributed by atoms with Crippen molar-refractivity contribution >= 4 is 32.7 Å². The lowest BCUT2D eigenvalue weighted by atomic mass is 10.2. The molecule has 102 valence electrons. The summed E-state index contributed by atoms with van der Waals surface area (Å²) in [6.07, 6.45) is 1.56. The number of nitrogens with zero attached hydrogens (tertiary/aromatic N) is 5. The number of rotatable bonds is 3. The van der Waals surface area contributed by atoms with Crippen molar-refractivity contribution in [2.75, 3.05) is 11.9 Å². The fourth-order valence-corrected chi connectivity index (χ4v) is 2.37. The lowest BCUT2D eigenvalue weighted by Gasteiger charge is -2.17. The average Bonchev–Trinajstić information content (AvgIpc) is 2.83. The van der Waals surface area contributed by atoms with Crippen LogP contribution in [0, 0.1) is 6.92 Å². The third kappa shape index (κ3) is 2.49. The van der Waals surface area contributed by atoms with Crippen molar-refractivity contribution in [3.05, 3.63) is 40.7 Å². The minimum atomic E-state index is 0.524. The van der Waals surface area contributed by atoms with Crippen LogP contribution in [0.2, 0.25) is 0 Å². The standard InChI is InChI=1S/C13H12BrN5O/c1-8-17-12(18-20-8)6-19(2)13-10-5-9(14)3-4-11(10)15-7-16-13/h3-5,7H,6H2,1-2H3. The van der Waals surface area contributed by atoms with Crippen molar-refractivity contribution in [1.29, 1.82) is 0 Å². The van der Waals surface area contributed by atoms with Crippen molar-refractivity contribution in [2.24, 2.45) is 0 Å². The minimum absolute atomic E-state index is 0.524. The number of halogens is 1. The van der Waals surface area contributed by atoms with Crippen molar-refractivity contribution in [3.8, 4) is 0 Å². The first kappa shape index (κ1) is 13.0. The zero-order valence-corrected chi connectivity index (χ0v) is 12.6. The zero-order valence-electron chi connectivity index (χ0n) is 11.0.